The van der Waals surface area contributed by atoms with Crippen LogP contribution < -0.4 is 10.1 Å². The lowest BCUT2D eigenvalue weighted by molar-refractivity contribution is 0.411. The van der Waals surface area contributed by atoms with Gasteiger partial charge in [0.2, 0.25) is 0 Å². The van der Waals surface area contributed by atoms with Gasteiger partial charge in [-0.15, -0.1) is 0 Å². The number of aryl methyl sites for hydroxylation is 1. The van der Waals surface area contributed by atoms with Crippen LogP contribution in [0.2, 0.25) is 0 Å². The second kappa shape index (κ2) is 6.54. The Balaban J connectivity index is 1.68. The van der Waals surface area contributed by atoms with Gasteiger partial charge < -0.3 is 14.6 Å². The maximum Gasteiger partial charge on any atom is 0.167 e. The van der Waals surface area contributed by atoms with Crippen molar-refractivity contribution in [2.24, 2.45) is 7.05 Å². The van der Waals surface area contributed by atoms with E-state index in [4.69, 9.17) is 4.74 Å². The molecule has 21 heavy (non-hydrogen) atoms. The number of rotatable bonds is 7. The third-order valence-electron chi connectivity index (χ3n) is 3.65. The summed E-state index contributed by atoms with van der Waals surface area (Å²) in [4.78, 5) is 4.35. The minimum absolute atomic E-state index is 0.734. The van der Waals surface area contributed by atoms with Crippen molar-refractivity contribution in [3.8, 4) is 5.75 Å². The largest absolute Gasteiger partial charge is 0.496 e. The Hall–Kier alpha value is -1.46. The number of nitrogens with one attached hydrogen (secondary N) is 1. The zero-order chi connectivity index (χ0) is 14.7. The Morgan fingerprint density at radius 3 is 2.95 bits per heavy atom. The number of ether oxygens (including phenoxy) is 1. The molecule has 0 radical (unpaired) electrons. The first-order valence-electron chi connectivity index (χ1n) is 7.25. The van der Waals surface area contributed by atoms with Gasteiger partial charge in [0, 0.05) is 43.3 Å². The predicted molar refractivity (Wildman–Crippen MR) is 85.6 cm³/mol. The van der Waals surface area contributed by atoms with Crippen molar-refractivity contribution in [1.82, 2.24) is 14.9 Å². The van der Waals surface area contributed by atoms with Crippen molar-refractivity contribution < 1.29 is 4.74 Å². The summed E-state index contributed by atoms with van der Waals surface area (Å²) < 4.78 is 7.51. The minimum atomic E-state index is 0.734. The second-order valence-electron chi connectivity index (χ2n) is 5.41. The molecule has 5 heteroatoms. The van der Waals surface area contributed by atoms with E-state index in [1.165, 1.54) is 24.0 Å². The van der Waals surface area contributed by atoms with E-state index >= 15 is 0 Å². The van der Waals surface area contributed by atoms with Crippen molar-refractivity contribution in [2.45, 2.75) is 36.3 Å². The highest BCUT2D eigenvalue weighted by atomic mass is 32.2. The van der Waals surface area contributed by atoms with E-state index < -0.39 is 0 Å². The Kier molecular flexibility index (Phi) is 4.51. The summed E-state index contributed by atoms with van der Waals surface area (Å²) in [5.41, 5.74) is 2.54. The molecule has 2 aromatic rings. The molecule has 0 unspecified atom stereocenters. The van der Waals surface area contributed by atoms with Crippen molar-refractivity contribution in [3.63, 3.8) is 0 Å². The van der Waals surface area contributed by atoms with E-state index in [1.54, 1.807) is 18.9 Å². The van der Waals surface area contributed by atoms with Crippen LogP contribution in [0, 0.1) is 0 Å². The van der Waals surface area contributed by atoms with E-state index in [0.717, 1.165) is 29.2 Å². The molecule has 0 saturated heterocycles. The van der Waals surface area contributed by atoms with Crippen molar-refractivity contribution >= 4 is 11.8 Å². The number of imidazole rings is 1. The standard InChI is InChI=1S/C16H21N3OS/c1-19-8-7-17-16(19)21-11-13-9-12(3-6-15(13)20-2)10-18-14-4-5-14/h3,6-9,14,18H,4-5,10-11H2,1-2H3. The van der Waals surface area contributed by atoms with Crippen molar-refractivity contribution in [2.75, 3.05) is 7.11 Å². The topological polar surface area (TPSA) is 39.1 Å². The Morgan fingerprint density at radius 1 is 1.43 bits per heavy atom. The van der Waals surface area contributed by atoms with E-state index in [-0.39, 0.29) is 0 Å². The van der Waals surface area contributed by atoms with Gasteiger partial charge in [-0.3, -0.25) is 0 Å². The van der Waals surface area contributed by atoms with Crippen LogP contribution >= 0.6 is 11.8 Å². The molecule has 1 aliphatic carbocycles. The average Bonchev–Trinajstić information content (AvgIpc) is 3.25. The summed E-state index contributed by atoms with van der Waals surface area (Å²) in [7, 11) is 3.74. The van der Waals surface area contributed by atoms with Crippen molar-refractivity contribution in [1.29, 1.82) is 0 Å². The van der Waals surface area contributed by atoms with E-state index in [1.807, 2.05) is 24.0 Å². The number of hydrogen-bond donors (Lipinski definition) is 1. The zero-order valence-electron chi connectivity index (χ0n) is 12.5. The van der Waals surface area contributed by atoms with Crippen LogP contribution in [0.25, 0.3) is 0 Å². The molecule has 112 valence electrons. The van der Waals surface area contributed by atoms with Crippen LogP contribution in [-0.2, 0) is 19.3 Å². The highest BCUT2D eigenvalue weighted by molar-refractivity contribution is 7.98. The first kappa shape index (κ1) is 14.5. The van der Waals surface area contributed by atoms with Gasteiger partial charge in [0.15, 0.2) is 5.16 Å². The fraction of sp³-hybridized carbons (Fsp3) is 0.438. The molecule has 0 aliphatic heterocycles. The molecule has 1 heterocycles. The molecule has 0 spiro atoms. The van der Waals surface area contributed by atoms with Gasteiger partial charge in [-0.2, -0.15) is 0 Å². The SMILES string of the molecule is COc1ccc(CNC2CC2)cc1CSc1nccn1C. The molecule has 0 atom stereocenters. The number of methoxy groups -OCH3 is 1. The van der Waals surface area contributed by atoms with Gasteiger partial charge in [0.1, 0.15) is 5.75 Å². The quantitative estimate of drug-likeness (QED) is 0.798. The molecule has 1 aliphatic rings. The van der Waals surface area contributed by atoms with Gasteiger partial charge >= 0.3 is 0 Å². The molecule has 3 rings (SSSR count). The molecule has 0 amide bonds. The molecule has 1 N–H and O–H groups in total. The molecule has 1 fully saturated rings. The highest BCUT2D eigenvalue weighted by Crippen LogP contribution is 2.28. The monoisotopic (exact) mass is 303 g/mol. The predicted octanol–water partition coefficient (Wildman–Crippen LogP) is 2.97. The lowest BCUT2D eigenvalue weighted by Crippen LogP contribution is -2.15. The summed E-state index contributed by atoms with van der Waals surface area (Å²) in [5.74, 6) is 1.82. The first-order valence-corrected chi connectivity index (χ1v) is 8.24. The molecule has 4 nitrogen and oxygen atoms in total. The fourth-order valence-electron chi connectivity index (χ4n) is 2.24. The Morgan fingerprint density at radius 2 is 2.29 bits per heavy atom. The van der Waals surface area contributed by atoms with Crippen LogP contribution in [0.4, 0.5) is 0 Å². The Labute approximate surface area is 129 Å². The van der Waals surface area contributed by atoms with Crippen LogP contribution in [0.5, 0.6) is 5.75 Å². The van der Waals surface area contributed by atoms with Gasteiger partial charge in [0.05, 0.1) is 7.11 Å². The lowest BCUT2D eigenvalue weighted by Gasteiger charge is -2.11. The number of benzene rings is 1. The molecule has 1 aromatic heterocycles. The fourth-order valence-corrected chi connectivity index (χ4v) is 3.15. The van der Waals surface area contributed by atoms with E-state index in [2.05, 4.69) is 28.5 Å². The number of aromatic nitrogens is 2. The number of nitrogens with zero attached hydrogens (tertiary/aromatic N) is 2. The third kappa shape index (κ3) is 3.80. The summed E-state index contributed by atoms with van der Waals surface area (Å²) in [6.07, 6.45) is 6.43. The van der Waals surface area contributed by atoms with E-state index in [9.17, 15) is 0 Å². The highest BCUT2D eigenvalue weighted by Gasteiger charge is 2.20. The number of hydrogen-bond acceptors (Lipinski definition) is 4. The maximum atomic E-state index is 5.48. The third-order valence-corrected chi connectivity index (χ3v) is 4.76. The molecular weight excluding hydrogens is 282 g/mol. The maximum absolute atomic E-state index is 5.48. The second-order valence-corrected chi connectivity index (χ2v) is 6.35. The minimum Gasteiger partial charge on any atom is -0.496 e. The van der Waals surface area contributed by atoms with Crippen molar-refractivity contribution in [3.05, 3.63) is 41.7 Å². The van der Waals surface area contributed by atoms with Gasteiger partial charge in [-0.1, -0.05) is 17.8 Å². The molecule has 1 saturated carbocycles. The van der Waals surface area contributed by atoms with Gasteiger partial charge in [-0.25, -0.2) is 4.98 Å². The lowest BCUT2D eigenvalue weighted by atomic mass is 10.1. The molecule has 0 bridgehead atoms. The van der Waals surface area contributed by atoms with Crippen LogP contribution in [-0.4, -0.2) is 22.7 Å². The summed E-state index contributed by atoms with van der Waals surface area (Å²) in [6, 6.07) is 7.18. The van der Waals surface area contributed by atoms with Crippen LogP contribution in [0.15, 0.2) is 35.7 Å². The summed E-state index contributed by atoms with van der Waals surface area (Å²) in [5, 5.41) is 4.58. The van der Waals surface area contributed by atoms with Crippen LogP contribution in [0.1, 0.15) is 24.0 Å². The molecule has 1 aromatic carbocycles. The molecular formula is C16H21N3OS. The zero-order valence-corrected chi connectivity index (χ0v) is 13.3. The smallest absolute Gasteiger partial charge is 0.167 e. The number of thioether (sulfide) groups is 1. The summed E-state index contributed by atoms with van der Waals surface area (Å²) >= 11 is 1.73. The van der Waals surface area contributed by atoms with Gasteiger partial charge in [0.25, 0.3) is 0 Å². The Bertz CT molecular complexity index is 607. The first-order chi connectivity index (χ1) is 10.3. The van der Waals surface area contributed by atoms with Gasteiger partial charge in [-0.05, 0) is 30.5 Å². The van der Waals surface area contributed by atoms with Crippen LogP contribution in [0.3, 0.4) is 0 Å². The normalized spacial score (nSPS) is 14.4. The average molecular weight is 303 g/mol. The van der Waals surface area contributed by atoms with E-state index in [0.29, 0.717) is 0 Å². The summed E-state index contributed by atoms with van der Waals surface area (Å²) in [6.45, 7) is 0.939.